The Morgan fingerprint density at radius 2 is 1.65 bits per heavy atom. The van der Waals surface area contributed by atoms with E-state index < -0.39 is 0 Å². The number of pyridine rings is 1. The number of benzene rings is 2. The van der Waals surface area contributed by atoms with Crippen molar-refractivity contribution >= 4 is 11.8 Å². The molecular formula is C37H43N5O4. The largest absolute Gasteiger partial charge is 0.492 e. The number of carbonyl (C=O) groups is 2. The van der Waals surface area contributed by atoms with E-state index in [1.165, 1.54) is 0 Å². The summed E-state index contributed by atoms with van der Waals surface area (Å²) in [6.07, 6.45) is 5.25. The Kier molecular flexibility index (Phi) is 9.78. The van der Waals surface area contributed by atoms with Gasteiger partial charge in [0.15, 0.2) is 0 Å². The number of likely N-dealkylation sites (tertiary alicyclic amines) is 1. The van der Waals surface area contributed by atoms with Gasteiger partial charge >= 0.3 is 0 Å². The molecule has 9 nitrogen and oxygen atoms in total. The first-order valence-electron chi connectivity index (χ1n) is 16.3. The number of aromatic nitrogens is 2. The van der Waals surface area contributed by atoms with E-state index in [1.54, 1.807) is 6.20 Å². The number of rotatable bonds is 5. The summed E-state index contributed by atoms with van der Waals surface area (Å²) in [5.41, 5.74) is 3.95. The zero-order valence-corrected chi connectivity index (χ0v) is 26.9. The highest BCUT2D eigenvalue weighted by molar-refractivity contribution is 5.97. The van der Waals surface area contributed by atoms with Crippen molar-refractivity contribution in [1.29, 1.82) is 0 Å². The first kappa shape index (κ1) is 31.5. The highest BCUT2D eigenvalue weighted by Crippen LogP contribution is 2.38. The van der Waals surface area contributed by atoms with Gasteiger partial charge in [-0.05, 0) is 75.9 Å². The zero-order chi connectivity index (χ0) is 31.9. The van der Waals surface area contributed by atoms with E-state index in [0.717, 1.165) is 54.9 Å². The topological polar surface area (TPSA) is 92.0 Å². The first-order valence-corrected chi connectivity index (χ1v) is 16.3. The summed E-state index contributed by atoms with van der Waals surface area (Å²) in [5, 5.41) is 4.26. The summed E-state index contributed by atoms with van der Waals surface area (Å²) in [4.78, 5) is 38.1. The zero-order valence-electron chi connectivity index (χ0n) is 26.9. The Morgan fingerprint density at radius 1 is 0.870 bits per heavy atom. The molecule has 0 bridgehead atoms. The number of hydrogen-bond donors (Lipinski definition) is 0. The smallest absolute Gasteiger partial charge is 0.257 e. The number of hydrogen-bond acceptors (Lipinski definition) is 7. The predicted molar refractivity (Wildman–Crippen MR) is 175 cm³/mol. The lowest BCUT2D eigenvalue weighted by Gasteiger charge is -2.42. The number of amides is 2. The molecule has 0 radical (unpaired) electrons. The second kappa shape index (κ2) is 14.3. The fourth-order valence-corrected chi connectivity index (χ4v) is 6.59. The van der Waals surface area contributed by atoms with Crippen LogP contribution in [-0.2, 0) is 13.1 Å². The van der Waals surface area contributed by atoms with Crippen molar-refractivity contribution in [2.75, 3.05) is 39.3 Å². The third kappa shape index (κ3) is 7.65. The van der Waals surface area contributed by atoms with Gasteiger partial charge in [0.25, 0.3) is 11.8 Å². The van der Waals surface area contributed by atoms with Crippen molar-refractivity contribution in [3.05, 3.63) is 113 Å². The van der Waals surface area contributed by atoms with Gasteiger partial charge in [0.2, 0.25) is 0 Å². The molecule has 0 unspecified atom stereocenters. The van der Waals surface area contributed by atoms with Crippen LogP contribution in [0, 0.1) is 19.3 Å². The van der Waals surface area contributed by atoms with E-state index in [2.05, 4.69) is 27.2 Å². The van der Waals surface area contributed by atoms with E-state index in [0.29, 0.717) is 62.8 Å². The summed E-state index contributed by atoms with van der Waals surface area (Å²) in [6, 6.07) is 23.4. The predicted octanol–water partition coefficient (Wildman–Crippen LogP) is 5.93. The molecule has 240 valence electrons. The minimum absolute atomic E-state index is 0.0245. The number of fused-ring (bicyclic) bond motifs is 1. The van der Waals surface area contributed by atoms with Crippen molar-refractivity contribution in [3.8, 4) is 5.75 Å². The molecule has 1 spiro atoms. The summed E-state index contributed by atoms with van der Waals surface area (Å²) < 4.78 is 12.0. The lowest BCUT2D eigenvalue weighted by molar-refractivity contribution is 0.0348. The third-order valence-corrected chi connectivity index (χ3v) is 9.35. The molecule has 0 N–H and O–H groups in total. The van der Waals surface area contributed by atoms with E-state index in [-0.39, 0.29) is 17.2 Å². The molecule has 0 aliphatic carbocycles. The number of nitrogens with zero attached hydrogens (tertiary/aromatic N) is 5. The average molecular weight is 622 g/mol. The van der Waals surface area contributed by atoms with Crippen LogP contribution in [0.15, 0.2) is 83.5 Å². The van der Waals surface area contributed by atoms with Crippen LogP contribution in [0.3, 0.4) is 0 Å². The van der Waals surface area contributed by atoms with Crippen molar-refractivity contribution in [2.24, 2.45) is 5.41 Å². The van der Waals surface area contributed by atoms with Crippen LogP contribution in [0.25, 0.3) is 0 Å². The summed E-state index contributed by atoms with van der Waals surface area (Å²) in [5.74, 6) is 1.38. The normalized spacial score (nSPS) is 17.8. The summed E-state index contributed by atoms with van der Waals surface area (Å²) >= 11 is 0. The van der Waals surface area contributed by atoms with Crippen molar-refractivity contribution in [2.45, 2.75) is 52.6 Å². The highest BCUT2D eigenvalue weighted by Gasteiger charge is 2.37. The fraction of sp³-hybridized carbons (Fsp3) is 0.405. The van der Waals surface area contributed by atoms with E-state index in [4.69, 9.17) is 9.26 Å². The molecule has 46 heavy (non-hydrogen) atoms. The van der Waals surface area contributed by atoms with Gasteiger partial charge in [0, 0.05) is 62.6 Å². The molecule has 9 heteroatoms. The second-order valence-electron chi connectivity index (χ2n) is 12.8. The fourth-order valence-electron chi connectivity index (χ4n) is 6.59. The Bertz CT molecular complexity index is 1610. The minimum atomic E-state index is -0.119. The van der Waals surface area contributed by atoms with Gasteiger partial charge in [0.05, 0.1) is 23.4 Å². The molecule has 4 aromatic rings. The van der Waals surface area contributed by atoms with Gasteiger partial charge in [-0.2, -0.15) is 0 Å². The van der Waals surface area contributed by atoms with E-state index >= 15 is 0 Å². The quantitative estimate of drug-likeness (QED) is 0.273. The van der Waals surface area contributed by atoms with Crippen LogP contribution in [0.4, 0.5) is 0 Å². The van der Waals surface area contributed by atoms with Crippen LogP contribution < -0.4 is 4.74 Å². The number of piperidine rings is 1. The van der Waals surface area contributed by atoms with Gasteiger partial charge in [-0.1, -0.05) is 47.6 Å². The van der Waals surface area contributed by atoms with Gasteiger partial charge in [-0.15, -0.1) is 0 Å². The van der Waals surface area contributed by atoms with Crippen LogP contribution in [0.1, 0.15) is 69.1 Å². The monoisotopic (exact) mass is 621 g/mol. The lowest BCUT2D eigenvalue weighted by Crippen LogP contribution is -2.46. The Morgan fingerprint density at radius 3 is 2.39 bits per heavy atom. The molecule has 0 saturated carbocycles. The first-order chi connectivity index (χ1) is 22.4. The van der Waals surface area contributed by atoms with Crippen LogP contribution >= 0.6 is 0 Å². The van der Waals surface area contributed by atoms with Gasteiger partial charge in [-0.25, -0.2) is 0 Å². The summed E-state index contributed by atoms with van der Waals surface area (Å²) in [6.45, 7) is 8.91. The van der Waals surface area contributed by atoms with Crippen LogP contribution in [-0.4, -0.2) is 76.0 Å². The standard InChI is InChI=1S/C37H43N5O4/c1-28-13-14-31(24-38-28)35(43)41-19-16-37(17-20-41)15-8-18-40(26-32-23-29(2)46-39-32)21-22-42(25-30-9-4-3-5-10-30)36(44)33-11-6-7-12-34(33)45-27-37/h3-7,9-14,23-24H,8,15-22,25-27H2,1-2H3. The maximum Gasteiger partial charge on any atom is 0.257 e. The number of para-hydroxylation sites is 1. The molecule has 2 aromatic carbocycles. The molecule has 1 saturated heterocycles. The number of carbonyl (C=O) groups excluding carboxylic acids is 2. The highest BCUT2D eigenvalue weighted by atomic mass is 16.5. The van der Waals surface area contributed by atoms with Gasteiger partial charge < -0.3 is 19.1 Å². The van der Waals surface area contributed by atoms with E-state index in [1.807, 2.05) is 84.3 Å². The Labute approximate surface area is 271 Å². The van der Waals surface area contributed by atoms with Gasteiger partial charge in [0.1, 0.15) is 11.5 Å². The molecule has 2 aliphatic heterocycles. The molecule has 1 fully saturated rings. The molecule has 0 atom stereocenters. The molecular weight excluding hydrogens is 578 g/mol. The third-order valence-electron chi connectivity index (χ3n) is 9.35. The average Bonchev–Trinajstić information content (AvgIpc) is 3.50. The lowest BCUT2D eigenvalue weighted by atomic mass is 9.75. The maximum absolute atomic E-state index is 14.2. The van der Waals surface area contributed by atoms with Crippen molar-refractivity contribution < 1.29 is 18.8 Å². The van der Waals surface area contributed by atoms with Crippen molar-refractivity contribution in [3.63, 3.8) is 0 Å². The Hall–Kier alpha value is -4.50. The number of aryl methyl sites for hydroxylation is 2. The van der Waals surface area contributed by atoms with Crippen LogP contribution in [0.2, 0.25) is 0 Å². The van der Waals surface area contributed by atoms with E-state index in [9.17, 15) is 9.59 Å². The number of ether oxygens (including phenoxy) is 1. The molecule has 2 aliphatic rings. The Balaban J connectivity index is 1.25. The SMILES string of the molecule is Cc1ccc(C(=O)N2CCC3(CCCN(Cc4cc(C)on4)CCN(Cc4ccccc4)C(=O)c4ccccc4OC3)CC2)cn1. The molecule has 6 rings (SSSR count). The second-order valence-corrected chi connectivity index (χ2v) is 12.8. The maximum atomic E-state index is 14.2. The molecule has 2 aromatic heterocycles. The van der Waals surface area contributed by atoms with Crippen molar-refractivity contribution in [1.82, 2.24) is 24.8 Å². The van der Waals surface area contributed by atoms with Crippen LogP contribution in [0.5, 0.6) is 5.75 Å². The molecule has 2 amide bonds. The molecule has 4 heterocycles. The summed E-state index contributed by atoms with van der Waals surface area (Å²) in [7, 11) is 0. The minimum Gasteiger partial charge on any atom is -0.492 e. The van der Waals surface area contributed by atoms with Gasteiger partial charge in [-0.3, -0.25) is 19.5 Å².